The predicted molar refractivity (Wildman–Crippen MR) is 139 cm³/mol. The topological polar surface area (TPSA) is 255 Å². The molecular weight excluding hydrogens is 737 g/mol. The van der Waals surface area contributed by atoms with Crippen molar-refractivity contribution < 1.29 is 40.0 Å². The van der Waals surface area contributed by atoms with Crippen LogP contribution in [0.25, 0.3) is 0 Å². The zero-order valence-electron chi connectivity index (χ0n) is 16.7. The van der Waals surface area contributed by atoms with Crippen LogP contribution in [-0.4, -0.2) is 100 Å². The molecule has 0 radical (unpaired) electrons. The Balaban J connectivity index is 0.000000463. The van der Waals surface area contributed by atoms with Crippen molar-refractivity contribution in [1.82, 2.24) is 82.5 Å². The number of aromatic amines is 4. The molecule has 37 heavy (non-hydrogen) atoms. The third-order valence-corrected chi connectivity index (χ3v) is 2.67. The van der Waals surface area contributed by atoms with Crippen LogP contribution >= 0.6 is 48.9 Å². The summed E-state index contributed by atoms with van der Waals surface area (Å²) in [5.74, 6) is 0. The van der Waals surface area contributed by atoms with E-state index in [9.17, 15) is 0 Å². The van der Waals surface area contributed by atoms with Crippen molar-refractivity contribution in [2.45, 2.75) is 0 Å². The molecular formula is C8H4MoN16O4S8. The molecule has 0 aliphatic rings. The number of hydrogen-bond acceptors (Lipinski definition) is 24. The Kier molecular flexibility index (Phi) is 19.0. The van der Waals surface area contributed by atoms with E-state index in [4.69, 9.17) is 0 Å². The van der Waals surface area contributed by atoms with Crippen molar-refractivity contribution in [3.8, 4) is 24.0 Å². The molecule has 0 fully saturated rings. The Morgan fingerprint density at radius 1 is 0.459 bits per heavy atom. The average Bonchev–Trinajstić information content (AvgIpc) is 3.58. The number of tetrazole rings is 4. The van der Waals surface area contributed by atoms with Gasteiger partial charge in [-0.15, -0.1) is 0 Å². The number of aromatic nitrogens is 16. The minimum Gasteiger partial charge on any atom is -0.443 e. The fraction of sp³-hybridized carbons (Fsp3) is 0. The molecule has 4 aromatic rings. The largest absolute Gasteiger partial charge is 4.00 e. The molecule has 0 aliphatic heterocycles. The maximum absolute atomic E-state index is 4.58. The number of nitrogens with zero attached hydrogens (tertiary/aromatic N) is 12. The summed E-state index contributed by atoms with van der Waals surface area (Å²) in [6.45, 7) is 0. The van der Waals surface area contributed by atoms with Crippen LogP contribution in [0.3, 0.4) is 0 Å². The molecule has 0 amide bonds. The summed E-state index contributed by atoms with van der Waals surface area (Å²) in [4.78, 5) is 0. The van der Waals surface area contributed by atoms with E-state index < -0.39 is 0 Å². The van der Waals surface area contributed by atoms with Crippen LogP contribution < -0.4 is 18.9 Å². The zero-order chi connectivity index (χ0) is 26.8. The van der Waals surface area contributed by atoms with Gasteiger partial charge < -0.3 is 118 Å². The monoisotopic (exact) mass is 742 g/mol. The quantitative estimate of drug-likeness (QED) is 0.0969. The normalized spacial score (nSPS) is 8.65. The summed E-state index contributed by atoms with van der Waals surface area (Å²) in [5, 5.41) is 49.0. The van der Waals surface area contributed by atoms with E-state index in [1.807, 2.05) is 0 Å². The molecule has 4 N–H and O–H groups in total. The van der Waals surface area contributed by atoms with Crippen molar-refractivity contribution >= 4 is 117 Å². The van der Waals surface area contributed by atoms with Crippen LogP contribution in [-0.2, 0) is 71.6 Å². The van der Waals surface area contributed by atoms with E-state index in [0.29, 0.717) is 0 Å². The Hall–Kier alpha value is -2.59. The van der Waals surface area contributed by atoms with E-state index in [0.717, 1.165) is 0 Å². The van der Waals surface area contributed by atoms with Gasteiger partial charge in [-0.1, -0.05) is 40.8 Å². The summed E-state index contributed by atoms with van der Waals surface area (Å²) in [6.07, 6.45) is 0. The standard InChI is InChI=1S/4C2H2N4OS2.Mo/c4*8-2(9)7-1-3-5-6-4-1;/h4*(H,8,9)(H,3,4,5,6);/q;;;;+4/p-4. The summed E-state index contributed by atoms with van der Waals surface area (Å²) >= 11 is 35.3. The van der Waals surface area contributed by atoms with Crippen molar-refractivity contribution in [2.24, 2.45) is 0 Å². The first-order valence-electron chi connectivity index (χ1n) is 7.64. The van der Waals surface area contributed by atoms with Gasteiger partial charge in [0.25, 0.3) is 0 Å². The number of rotatable bonds is 4. The molecule has 0 unspecified atom stereocenters. The summed E-state index contributed by atoms with van der Waals surface area (Å²) in [6, 6.07) is 0.204. The van der Waals surface area contributed by atoms with Gasteiger partial charge in [0, 0.05) is 17.5 Å². The summed E-state index contributed by atoms with van der Waals surface area (Å²) < 4.78 is 18.2. The zero-order valence-corrected chi connectivity index (χ0v) is 25.2. The van der Waals surface area contributed by atoms with Crippen molar-refractivity contribution in [2.75, 3.05) is 0 Å². The van der Waals surface area contributed by atoms with E-state index in [1.54, 1.807) is 0 Å². The third-order valence-electron chi connectivity index (χ3n) is 2.00. The van der Waals surface area contributed by atoms with Gasteiger partial charge in [-0.3, -0.25) is 0 Å². The maximum atomic E-state index is 4.58. The molecule has 4 heterocycles. The van der Waals surface area contributed by atoms with Crippen molar-refractivity contribution in [1.29, 1.82) is 0 Å². The number of nitrogens with one attached hydrogen (secondary N) is 4. The van der Waals surface area contributed by atoms with E-state index >= 15 is 0 Å². The fourth-order valence-electron chi connectivity index (χ4n) is 1.08. The molecule has 20 nitrogen and oxygen atoms in total. The van der Waals surface area contributed by atoms with Crippen LogP contribution in [0, 0.1) is 0 Å². The van der Waals surface area contributed by atoms with Gasteiger partial charge in [0.05, 0.1) is 0 Å². The molecule has 4 aromatic heterocycles. The first-order valence-corrected chi connectivity index (χ1v) is 10.9. The smallest absolute Gasteiger partial charge is 0.443 e. The minimum absolute atomic E-state index is 0. The second-order valence-electron chi connectivity index (χ2n) is 4.19. The fourth-order valence-corrected chi connectivity index (χ4v) is 1.68. The van der Waals surface area contributed by atoms with Gasteiger partial charge in [0.2, 0.25) is 0 Å². The van der Waals surface area contributed by atoms with E-state index in [2.05, 4.69) is 201 Å². The Bertz CT molecular complexity index is 977. The van der Waals surface area contributed by atoms with Gasteiger partial charge >= 0.3 is 45.1 Å². The molecule has 194 valence electrons. The first-order chi connectivity index (χ1) is 17.2. The molecule has 4 rings (SSSR count). The van der Waals surface area contributed by atoms with Crippen LogP contribution in [0.5, 0.6) is 24.0 Å². The second kappa shape index (κ2) is 20.5. The van der Waals surface area contributed by atoms with E-state index in [1.165, 1.54) is 0 Å². The van der Waals surface area contributed by atoms with Crippen molar-refractivity contribution in [3.05, 3.63) is 0 Å². The molecule has 0 bridgehead atoms. The van der Waals surface area contributed by atoms with Crippen LogP contribution in [0.4, 0.5) is 0 Å². The van der Waals surface area contributed by atoms with Crippen LogP contribution in [0.1, 0.15) is 0 Å². The van der Waals surface area contributed by atoms with Gasteiger partial charge in [0.15, 0.2) is 0 Å². The SMILES string of the molecule is S=C([S-])Oc1nn[nH]n1.S=C([S-])Oc1nn[nH]n1.S=C([S-])Oc1nn[nH]n1.S=C([S-])Oc1nn[nH]n1.[Mo+4]. The molecule has 29 heteroatoms. The minimum atomic E-state index is -0.0450. The van der Waals surface area contributed by atoms with Crippen LogP contribution in [0.15, 0.2) is 0 Å². The number of hydrogen-bond donors (Lipinski definition) is 4. The summed E-state index contributed by atoms with van der Waals surface area (Å²) in [7, 11) is 0. The van der Waals surface area contributed by atoms with Gasteiger partial charge in [-0.05, 0) is 20.9 Å². The Morgan fingerprint density at radius 2 is 0.649 bits per heavy atom. The summed E-state index contributed by atoms with van der Waals surface area (Å²) in [5.41, 5.74) is 0. The van der Waals surface area contributed by atoms with Gasteiger partial charge in [-0.25, -0.2) is 0 Å². The van der Waals surface area contributed by atoms with Gasteiger partial charge in [-0.2, -0.15) is 20.9 Å². The number of thiocarbonyl (C=S) groups is 4. The number of H-pyrrole nitrogens is 4. The molecule has 0 atom stereocenters. The average molecular weight is 741 g/mol. The van der Waals surface area contributed by atoms with Crippen molar-refractivity contribution in [3.63, 3.8) is 0 Å². The number of ether oxygens (including phenoxy) is 4. The first kappa shape index (κ1) is 34.4. The molecule has 0 aromatic carbocycles. The van der Waals surface area contributed by atoms with E-state index in [-0.39, 0.29) is 62.6 Å². The van der Waals surface area contributed by atoms with Crippen LogP contribution in [0.2, 0.25) is 0 Å². The molecule has 0 aliphatic carbocycles. The Morgan fingerprint density at radius 3 is 0.757 bits per heavy atom. The van der Waals surface area contributed by atoms with Gasteiger partial charge in [0.1, 0.15) is 0 Å². The Labute approximate surface area is 261 Å². The second-order valence-corrected chi connectivity index (χ2v) is 8.19. The predicted octanol–water partition coefficient (Wildman–Crippen LogP) is -2.36. The molecule has 0 spiro atoms. The molecule has 0 saturated heterocycles. The molecule has 0 saturated carbocycles. The maximum Gasteiger partial charge on any atom is 4.00 e. The third kappa shape index (κ3) is 19.2.